The fraction of sp³-hybridized carbons (Fsp3) is 0.375. The molecule has 19 heavy (non-hydrogen) atoms. The summed E-state index contributed by atoms with van der Waals surface area (Å²) in [4.78, 5) is 0. The number of benzene rings is 2. The summed E-state index contributed by atoms with van der Waals surface area (Å²) in [6.45, 7) is 0. The van der Waals surface area contributed by atoms with Crippen LogP contribution in [-0.2, 0) is 6.42 Å². The van der Waals surface area contributed by atoms with Crippen LogP contribution in [0.15, 0.2) is 42.5 Å². The van der Waals surface area contributed by atoms with E-state index in [1.54, 1.807) is 0 Å². The Morgan fingerprint density at radius 2 is 2.05 bits per heavy atom. The second-order valence-electron chi connectivity index (χ2n) is 5.17. The van der Waals surface area contributed by atoms with Gasteiger partial charge in [0.2, 0.25) is 0 Å². The van der Waals surface area contributed by atoms with E-state index in [1.165, 1.54) is 34.9 Å². The molecule has 2 unspecified atom stereocenters. The third-order valence-electron chi connectivity index (χ3n) is 3.95. The van der Waals surface area contributed by atoms with Crippen LogP contribution in [0.4, 0.5) is 0 Å². The number of rotatable bonds is 4. The number of hydrogen-bond acceptors (Lipinski definition) is 3. The first-order chi connectivity index (χ1) is 9.38. The van der Waals surface area contributed by atoms with Gasteiger partial charge >= 0.3 is 0 Å². The fourth-order valence-electron chi connectivity index (χ4n) is 2.93. The predicted molar refractivity (Wildman–Crippen MR) is 84.2 cm³/mol. The van der Waals surface area contributed by atoms with E-state index in [0.29, 0.717) is 11.3 Å². The van der Waals surface area contributed by atoms with E-state index in [0.717, 1.165) is 6.42 Å². The smallest absolute Gasteiger partial charge is 0.0369 e. The lowest BCUT2D eigenvalue weighted by atomic mass is 9.96. The molecule has 3 N–H and O–H groups in total. The number of fused-ring (bicyclic) bond motifs is 1. The molecule has 1 fully saturated rings. The average Bonchev–Trinajstić information content (AvgIpc) is 2.99. The largest absolute Gasteiger partial charge is 0.271 e. The van der Waals surface area contributed by atoms with Crippen molar-refractivity contribution in [3.63, 3.8) is 0 Å². The zero-order valence-corrected chi connectivity index (χ0v) is 11.8. The number of nitrogens with one attached hydrogen (secondary N) is 1. The van der Waals surface area contributed by atoms with Gasteiger partial charge in [-0.2, -0.15) is 11.8 Å². The quantitative estimate of drug-likeness (QED) is 0.663. The highest BCUT2D eigenvalue weighted by Gasteiger charge is 2.25. The van der Waals surface area contributed by atoms with Crippen LogP contribution in [0.5, 0.6) is 0 Å². The van der Waals surface area contributed by atoms with Crippen LogP contribution in [0.3, 0.4) is 0 Å². The Bertz CT molecular complexity index is 544. The van der Waals surface area contributed by atoms with Crippen molar-refractivity contribution >= 4 is 22.5 Å². The van der Waals surface area contributed by atoms with Crippen molar-refractivity contribution < 1.29 is 0 Å². The molecule has 3 rings (SSSR count). The van der Waals surface area contributed by atoms with Gasteiger partial charge in [0.05, 0.1) is 0 Å². The zero-order valence-electron chi connectivity index (χ0n) is 11.0. The topological polar surface area (TPSA) is 38.0 Å². The highest BCUT2D eigenvalue weighted by molar-refractivity contribution is 8.00. The Morgan fingerprint density at radius 1 is 1.21 bits per heavy atom. The lowest BCUT2D eigenvalue weighted by Crippen LogP contribution is -2.43. The minimum Gasteiger partial charge on any atom is -0.271 e. The summed E-state index contributed by atoms with van der Waals surface area (Å²) in [6, 6.07) is 15.5. The van der Waals surface area contributed by atoms with Crippen molar-refractivity contribution in [2.75, 3.05) is 5.75 Å². The van der Waals surface area contributed by atoms with E-state index in [2.05, 4.69) is 59.7 Å². The second-order valence-corrected chi connectivity index (χ2v) is 6.51. The molecular formula is C16H20N2S. The van der Waals surface area contributed by atoms with Crippen LogP contribution in [0.25, 0.3) is 10.8 Å². The number of thioether (sulfide) groups is 1. The van der Waals surface area contributed by atoms with E-state index >= 15 is 0 Å². The molecule has 1 heterocycles. The molecule has 0 aromatic heterocycles. The van der Waals surface area contributed by atoms with Crippen LogP contribution in [0.1, 0.15) is 18.4 Å². The average molecular weight is 272 g/mol. The summed E-state index contributed by atoms with van der Waals surface area (Å²) in [6.07, 6.45) is 3.61. The van der Waals surface area contributed by atoms with E-state index in [1.807, 2.05) is 0 Å². The Kier molecular flexibility index (Phi) is 4.06. The highest BCUT2D eigenvalue weighted by Crippen LogP contribution is 2.31. The van der Waals surface area contributed by atoms with Gasteiger partial charge in [-0.15, -0.1) is 0 Å². The van der Waals surface area contributed by atoms with E-state index < -0.39 is 0 Å². The summed E-state index contributed by atoms with van der Waals surface area (Å²) in [5.41, 5.74) is 4.43. The number of hydrazine groups is 1. The van der Waals surface area contributed by atoms with Gasteiger partial charge in [0, 0.05) is 11.3 Å². The third-order valence-corrected chi connectivity index (χ3v) is 5.46. The molecule has 0 spiro atoms. The standard InChI is InChI=1S/C16H20N2S/c17-18-15(16-9-4-10-19-16)11-13-7-3-6-12-5-1-2-8-14(12)13/h1-3,5-8,15-16,18H,4,9-11,17H2. The molecule has 2 atom stereocenters. The van der Waals surface area contributed by atoms with Gasteiger partial charge in [0.15, 0.2) is 0 Å². The van der Waals surface area contributed by atoms with Crippen LogP contribution in [0, 0.1) is 0 Å². The summed E-state index contributed by atoms with van der Waals surface area (Å²) in [5, 5.41) is 3.33. The molecule has 0 amide bonds. The number of hydrogen-bond donors (Lipinski definition) is 2. The molecule has 0 saturated carbocycles. The SMILES string of the molecule is NNC(Cc1cccc2ccccc12)C1CCCS1. The van der Waals surface area contributed by atoms with Gasteiger partial charge in [-0.05, 0) is 41.4 Å². The first kappa shape index (κ1) is 13.0. The van der Waals surface area contributed by atoms with Crippen LogP contribution in [-0.4, -0.2) is 17.0 Å². The van der Waals surface area contributed by atoms with E-state index in [4.69, 9.17) is 5.84 Å². The van der Waals surface area contributed by atoms with Crippen molar-refractivity contribution in [3.05, 3.63) is 48.0 Å². The maximum Gasteiger partial charge on any atom is 0.0369 e. The maximum absolute atomic E-state index is 5.78. The van der Waals surface area contributed by atoms with Crippen molar-refractivity contribution in [2.45, 2.75) is 30.6 Å². The van der Waals surface area contributed by atoms with Crippen molar-refractivity contribution in [2.24, 2.45) is 5.84 Å². The molecule has 2 nitrogen and oxygen atoms in total. The van der Waals surface area contributed by atoms with Gasteiger partial charge < -0.3 is 0 Å². The monoisotopic (exact) mass is 272 g/mol. The minimum atomic E-state index is 0.373. The van der Waals surface area contributed by atoms with Gasteiger partial charge in [0.25, 0.3) is 0 Å². The van der Waals surface area contributed by atoms with Gasteiger partial charge in [-0.3, -0.25) is 11.3 Å². The molecule has 0 aliphatic carbocycles. The molecule has 1 aliphatic rings. The summed E-state index contributed by atoms with van der Waals surface area (Å²) < 4.78 is 0. The van der Waals surface area contributed by atoms with Crippen molar-refractivity contribution in [1.82, 2.24) is 5.43 Å². The summed E-state index contributed by atoms with van der Waals surface area (Å²) in [7, 11) is 0. The van der Waals surface area contributed by atoms with Crippen LogP contribution in [0.2, 0.25) is 0 Å². The molecule has 0 bridgehead atoms. The Balaban J connectivity index is 1.87. The third kappa shape index (κ3) is 2.78. The molecule has 100 valence electrons. The van der Waals surface area contributed by atoms with Gasteiger partial charge in [-0.1, -0.05) is 42.5 Å². The van der Waals surface area contributed by atoms with E-state index in [9.17, 15) is 0 Å². The molecule has 1 aliphatic heterocycles. The molecular weight excluding hydrogens is 252 g/mol. The number of nitrogens with two attached hydrogens (primary N) is 1. The fourth-order valence-corrected chi connectivity index (χ4v) is 4.30. The molecule has 3 heteroatoms. The van der Waals surface area contributed by atoms with E-state index in [-0.39, 0.29) is 0 Å². The molecule has 2 aromatic rings. The summed E-state index contributed by atoms with van der Waals surface area (Å²) >= 11 is 2.06. The first-order valence-corrected chi connectivity index (χ1v) is 7.98. The van der Waals surface area contributed by atoms with Crippen LogP contribution >= 0.6 is 11.8 Å². The lowest BCUT2D eigenvalue weighted by Gasteiger charge is -2.22. The Labute approximate surface area is 118 Å². The molecule has 0 radical (unpaired) electrons. The van der Waals surface area contributed by atoms with Crippen LogP contribution < -0.4 is 11.3 Å². The summed E-state index contributed by atoms with van der Waals surface area (Å²) in [5.74, 6) is 7.06. The first-order valence-electron chi connectivity index (χ1n) is 6.93. The van der Waals surface area contributed by atoms with Crippen molar-refractivity contribution in [3.8, 4) is 0 Å². The Morgan fingerprint density at radius 3 is 2.84 bits per heavy atom. The predicted octanol–water partition coefficient (Wildman–Crippen LogP) is 3.11. The van der Waals surface area contributed by atoms with Gasteiger partial charge in [-0.25, -0.2) is 0 Å². The second kappa shape index (κ2) is 5.95. The Hall–Kier alpha value is -1.03. The van der Waals surface area contributed by atoms with Gasteiger partial charge in [0.1, 0.15) is 0 Å². The normalized spacial score (nSPS) is 20.8. The zero-order chi connectivity index (χ0) is 13.1. The maximum atomic E-state index is 5.78. The lowest BCUT2D eigenvalue weighted by molar-refractivity contribution is 0.497. The molecule has 2 aromatic carbocycles. The highest BCUT2D eigenvalue weighted by atomic mass is 32.2. The molecule has 1 saturated heterocycles. The van der Waals surface area contributed by atoms with Crippen molar-refractivity contribution in [1.29, 1.82) is 0 Å². The minimum absolute atomic E-state index is 0.373.